The lowest BCUT2D eigenvalue weighted by molar-refractivity contribution is -0.140. The van der Waals surface area contributed by atoms with Gasteiger partial charge in [-0.1, -0.05) is 12.1 Å². The SMILES string of the molecule is C=CC[C@H](N)c1ccc(F)c(C(F)(F)F)c1.Cl. The lowest BCUT2D eigenvalue weighted by Crippen LogP contribution is -2.13. The Balaban J connectivity index is 0.00000256. The van der Waals surface area contributed by atoms with Crippen LogP contribution in [0.25, 0.3) is 0 Å². The molecule has 0 spiro atoms. The van der Waals surface area contributed by atoms with Crippen molar-refractivity contribution in [3.63, 3.8) is 0 Å². The van der Waals surface area contributed by atoms with Crippen LogP contribution >= 0.6 is 12.4 Å². The summed E-state index contributed by atoms with van der Waals surface area (Å²) in [6.45, 7) is 3.44. The highest BCUT2D eigenvalue weighted by atomic mass is 35.5. The van der Waals surface area contributed by atoms with Crippen molar-refractivity contribution >= 4 is 12.4 Å². The zero-order chi connectivity index (χ0) is 12.3. The van der Waals surface area contributed by atoms with Crippen LogP contribution in [0.5, 0.6) is 0 Å². The van der Waals surface area contributed by atoms with Gasteiger partial charge in [0.15, 0.2) is 0 Å². The first kappa shape index (κ1) is 15.9. The first-order chi connectivity index (χ1) is 7.36. The summed E-state index contributed by atoms with van der Waals surface area (Å²) >= 11 is 0. The molecule has 1 rings (SSSR count). The molecule has 1 nitrogen and oxygen atoms in total. The molecule has 2 N–H and O–H groups in total. The molecule has 0 aliphatic heterocycles. The van der Waals surface area contributed by atoms with Gasteiger partial charge in [0.05, 0.1) is 5.56 Å². The van der Waals surface area contributed by atoms with Crippen molar-refractivity contribution < 1.29 is 17.6 Å². The van der Waals surface area contributed by atoms with E-state index in [0.29, 0.717) is 6.42 Å². The fourth-order valence-electron chi connectivity index (χ4n) is 1.31. The summed E-state index contributed by atoms with van der Waals surface area (Å²) in [5, 5.41) is 0. The lowest BCUT2D eigenvalue weighted by atomic mass is 10.0. The average molecular weight is 270 g/mol. The molecule has 0 unspecified atom stereocenters. The summed E-state index contributed by atoms with van der Waals surface area (Å²) in [7, 11) is 0. The molecule has 0 fully saturated rings. The van der Waals surface area contributed by atoms with E-state index >= 15 is 0 Å². The Morgan fingerprint density at radius 3 is 2.41 bits per heavy atom. The van der Waals surface area contributed by atoms with E-state index in [1.54, 1.807) is 0 Å². The molecule has 1 atom stereocenters. The molecule has 0 radical (unpaired) electrons. The molecule has 6 heteroatoms. The van der Waals surface area contributed by atoms with Crippen LogP contribution in [0.15, 0.2) is 30.9 Å². The summed E-state index contributed by atoms with van der Waals surface area (Å²) in [6.07, 6.45) is -2.86. The molecule has 1 aromatic rings. The predicted molar refractivity (Wildman–Crippen MR) is 60.4 cm³/mol. The minimum Gasteiger partial charge on any atom is -0.324 e. The number of hydrogen-bond acceptors (Lipinski definition) is 1. The highest BCUT2D eigenvalue weighted by Crippen LogP contribution is 2.33. The van der Waals surface area contributed by atoms with Crippen molar-refractivity contribution in [2.45, 2.75) is 18.6 Å². The summed E-state index contributed by atoms with van der Waals surface area (Å²) in [6, 6.07) is 2.17. The molecule has 0 bridgehead atoms. The molecule has 0 aromatic heterocycles. The normalized spacial score (nSPS) is 12.8. The molecule has 0 saturated heterocycles. The average Bonchev–Trinajstić information content (AvgIpc) is 2.16. The molecule has 0 saturated carbocycles. The fourth-order valence-corrected chi connectivity index (χ4v) is 1.31. The number of hydrogen-bond donors (Lipinski definition) is 1. The predicted octanol–water partition coefficient (Wildman–Crippen LogP) is 3.84. The van der Waals surface area contributed by atoms with Crippen molar-refractivity contribution in [3.05, 3.63) is 47.8 Å². The summed E-state index contributed by atoms with van der Waals surface area (Å²) in [5.74, 6) is -1.29. The van der Waals surface area contributed by atoms with E-state index in [1.807, 2.05) is 0 Å². The van der Waals surface area contributed by atoms with E-state index in [1.165, 1.54) is 12.1 Å². The summed E-state index contributed by atoms with van der Waals surface area (Å²) < 4.78 is 50.1. The highest BCUT2D eigenvalue weighted by molar-refractivity contribution is 5.85. The Hall–Kier alpha value is -1.07. The van der Waals surface area contributed by atoms with Crippen molar-refractivity contribution in [2.75, 3.05) is 0 Å². The van der Waals surface area contributed by atoms with Crippen LogP contribution in [-0.4, -0.2) is 0 Å². The van der Waals surface area contributed by atoms with Crippen LogP contribution < -0.4 is 5.73 Å². The van der Waals surface area contributed by atoms with E-state index in [4.69, 9.17) is 5.73 Å². The van der Waals surface area contributed by atoms with Gasteiger partial charge in [0.2, 0.25) is 0 Å². The van der Waals surface area contributed by atoms with Gasteiger partial charge in [-0.3, -0.25) is 0 Å². The third-order valence-corrected chi connectivity index (χ3v) is 2.14. The topological polar surface area (TPSA) is 26.0 Å². The molecule has 0 heterocycles. The number of benzene rings is 1. The Labute approximate surface area is 103 Å². The van der Waals surface area contributed by atoms with Crippen LogP contribution in [0.1, 0.15) is 23.6 Å². The van der Waals surface area contributed by atoms with Crippen LogP contribution in [0.4, 0.5) is 17.6 Å². The summed E-state index contributed by atoms with van der Waals surface area (Å²) in [5.41, 5.74) is 4.56. The molecule has 17 heavy (non-hydrogen) atoms. The van der Waals surface area contributed by atoms with Crippen molar-refractivity contribution in [1.82, 2.24) is 0 Å². The van der Waals surface area contributed by atoms with Crippen molar-refractivity contribution in [2.24, 2.45) is 5.73 Å². The standard InChI is InChI=1S/C11H11F4N.ClH/c1-2-3-10(16)7-4-5-9(12)8(6-7)11(13,14)15;/h2,4-6,10H,1,3,16H2;1H/t10-;/m0./s1. The molecule has 0 aliphatic carbocycles. The van der Waals surface area contributed by atoms with E-state index in [2.05, 4.69) is 6.58 Å². The van der Waals surface area contributed by atoms with Crippen LogP contribution in [0, 0.1) is 5.82 Å². The first-order valence-electron chi connectivity index (χ1n) is 4.59. The monoisotopic (exact) mass is 269 g/mol. The second-order valence-corrected chi connectivity index (χ2v) is 3.37. The third kappa shape index (κ3) is 4.02. The van der Waals surface area contributed by atoms with Gasteiger partial charge in [-0.25, -0.2) is 4.39 Å². The molecular weight excluding hydrogens is 258 g/mol. The smallest absolute Gasteiger partial charge is 0.324 e. The number of nitrogens with two attached hydrogens (primary N) is 1. The van der Waals surface area contributed by atoms with E-state index in [-0.39, 0.29) is 18.0 Å². The third-order valence-electron chi connectivity index (χ3n) is 2.14. The van der Waals surface area contributed by atoms with Gasteiger partial charge < -0.3 is 5.73 Å². The van der Waals surface area contributed by atoms with Gasteiger partial charge >= 0.3 is 6.18 Å². The van der Waals surface area contributed by atoms with Crippen LogP contribution in [0.2, 0.25) is 0 Å². The quantitative estimate of drug-likeness (QED) is 0.655. The second-order valence-electron chi connectivity index (χ2n) is 3.37. The van der Waals surface area contributed by atoms with Crippen LogP contribution in [-0.2, 0) is 6.18 Å². The molecule has 96 valence electrons. The minimum atomic E-state index is -4.70. The first-order valence-corrected chi connectivity index (χ1v) is 4.59. The lowest BCUT2D eigenvalue weighted by Gasteiger charge is -2.13. The Morgan fingerprint density at radius 1 is 1.35 bits per heavy atom. The van der Waals surface area contributed by atoms with E-state index in [9.17, 15) is 17.6 Å². The molecule has 1 aromatic carbocycles. The molecule has 0 amide bonds. The van der Waals surface area contributed by atoms with Gasteiger partial charge in [0.25, 0.3) is 0 Å². The summed E-state index contributed by atoms with van der Waals surface area (Å²) in [4.78, 5) is 0. The molecular formula is C11H12ClF4N. The van der Waals surface area contributed by atoms with Gasteiger partial charge in [-0.2, -0.15) is 13.2 Å². The van der Waals surface area contributed by atoms with Gasteiger partial charge in [-0.05, 0) is 24.1 Å². The fraction of sp³-hybridized carbons (Fsp3) is 0.273. The van der Waals surface area contributed by atoms with Gasteiger partial charge in [-0.15, -0.1) is 19.0 Å². The highest BCUT2D eigenvalue weighted by Gasteiger charge is 2.34. The number of rotatable bonds is 3. The maximum atomic E-state index is 12.9. The maximum absolute atomic E-state index is 12.9. The van der Waals surface area contributed by atoms with Gasteiger partial charge in [0.1, 0.15) is 5.82 Å². The maximum Gasteiger partial charge on any atom is 0.419 e. The van der Waals surface area contributed by atoms with E-state index in [0.717, 1.165) is 12.1 Å². The Morgan fingerprint density at radius 2 is 1.94 bits per heavy atom. The number of alkyl halides is 3. The number of halogens is 5. The van der Waals surface area contributed by atoms with Crippen molar-refractivity contribution in [3.8, 4) is 0 Å². The van der Waals surface area contributed by atoms with Gasteiger partial charge in [0, 0.05) is 6.04 Å². The van der Waals surface area contributed by atoms with E-state index < -0.39 is 23.6 Å². The zero-order valence-corrected chi connectivity index (χ0v) is 9.61. The Bertz CT molecular complexity index is 390. The van der Waals surface area contributed by atoms with Crippen molar-refractivity contribution in [1.29, 1.82) is 0 Å². The largest absolute Gasteiger partial charge is 0.419 e. The van der Waals surface area contributed by atoms with Crippen LogP contribution in [0.3, 0.4) is 0 Å². The zero-order valence-electron chi connectivity index (χ0n) is 8.80. The second kappa shape index (κ2) is 6.02. The molecule has 0 aliphatic rings. The Kier molecular flexibility index (Phi) is 5.64. The minimum absolute atomic E-state index is 0.